The molecule has 3 rings (SSSR count). The predicted octanol–water partition coefficient (Wildman–Crippen LogP) is 4.59. The topological polar surface area (TPSA) is 86.8 Å². The number of rotatable bonds is 10. The van der Waals surface area contributed by atoms with Crippen LogP contribution in [0.3, 0.4) is 0 Å². The van der Waals surface area contributed by atoms with Gasteiger partial charge in [-0.15, -0.1) is 0 Å². The van der Waals surface area contributed by atoms with E-state index in [2.05, 4.69) is 5.32 Å². The fraction of sp³-hybridized carbons (Fsp3) is 0.481. The molecule has 0 radical (unpaired) electrons. The van der Waals surface area contributed by atoms with Gasteiger partial charge in [0.15, 0.2) is 0 Å². The SMILES string of the molecule is CC[C@@H](C(=O)NC1CCCC1)N(Cc1ccc(C)cc1)C(=O)CN(c1cc(Cl)ccc1C)S(C)(=O)=O. The zero-order chi connectivity index (χ0) is 26.5. The smallest absolute Gasteiger partial charge is 0.244 e. The average molecular weight is 534 g/mol. The van der Waals surface area contributed by atoms with Gasteiger partial charge in [-0.1, -0.05) is 67.3 Å². The molecule has 36 heavy (non-hydrogen) atoms. The van der Waals surface area contributed by atoms with E-state index in [-0.39, 0.29) is 18.5 Å². The Labute approximate surface area is 219 Å². The standard InChI is InChI=1S/C27H36ClN3O4S/c1-5-24(27(33)29-23-8-6-7-9-23)30(17-21-13-10-19(2)11-14-21)26(32)18-31(36(4,34)35)25-16-22(28)15-12-20(25)3/h10-16,23-24H,5-9,17-18H2,1-4H3,(H,29,33)/t24-/m0/s1. The molecular formula is C27H36ClN3O4S. The van der Waals surface area contributed by atoms with Gasteiger partial charge in [-0.2, -0.15) is 0 Å². The maximum absolute atomic E-state index is 13.8. The number of amides is 2. The highest BCUT2D eigenvalue weighted by atomic mass is 35.5. The molecule has 0 spiro atoms. The molecule has 1 aliphatic rings. The molecule has 7 nitrogen and oxygen atoms in total. The second kappa shape index (κ2) is 12.1. The first kappa shape index (κ1) is 28.0. The van der Waals surface area contributed by atoms with Gasteiger partial charge in [-0.25, -0.2) is 8.42 Å². The van der Waals surface area contributed by atoms with E-state index >= 15 is 0 Å². The van der Waals surface area contributed by atoms with E-state index in [1.165, 1.54) is 4.90 Å². The number of carbonyl (C=O) groups is 2. The van der Waals surface area contributed by atoms with Crippen LogP contribution in [0.5, 0.6) is 0 Å². The predicted molar refractivity (Wildman–Crippen MR) is 145 cm³/mol. The molecule has 0 unspecified atom stereocenters. The van der Waals surface area contributed by atoms with Gasteiger partial charge in [0.2, 0.25) is 21.8 Å². The minimum atomic E-state index is -3.81. The van der Waals surface area contributed by atoms with E-state index < -0.39 is 28.5 Å². The molecule has 0 heterocycles. The van der Waals surface area contributed by atoms with E-state index in [1.54, 1.807) is 25.1 Å². The lowest BCUT2D eigenvalue weighted by Crippen LogP contribution is -2.53. The van der Waals surface area contributed by atoms with Gasteiger partial charge < -0.3 is 10.2 Å². The summed E-state index contributed by atoms with van der Waals surface area (Å²) < 4.78 is 26.6. The van der Waals surface area contributed by atoms with Crippen LogP contribution in [0.1, 0.15) is 55.7 Å². The molecule has 1 N–H and O–H groups in total. The quantitative estimate of drug-likeness (QED) is 0.484. The van der Waals surface area contributed by atoms with Crippen LogP contribution in [0.15, 0.2) is 42.5 Å². The molecule has 1 atom stereocenters. The highest BCUT2D eigenvalue weighted by molar-refractivity contribution is 7.92. The van der Waals surface area contributed by atoms with Crippen molar-refractivity contribution in [2.45, 2.75) is 71.5 Å². The molecule has 2 aromatic rings. The second-order valence-corrected chi connectivity index (χ2v) is 12.0. The number of nitrogens with one attached hydrogen (secondary N) is 1. The van der Waals surface area contributed by atoms with Crippen LogP contribution in [-0.2, 0) is 26.2 Å². The minimum Gasteiger partial charge on any atom is -0.352 e. The number of anilines is 1. The number of sulfonamides is 1. The van der Waals surface area contributed by atoms with Crippen molar-refractivity contribution in [1.82, 2.24) is 10.2 Å². The summed E-state index contributed by atoms with van der Waals surface area (Å²) in [6, 6.07) is 12.1. The van der Waals surface area contributed by atoms with Crippen LogP contribution in [-0.4, -0.2) is 50.0 Å². The van der Waals surface area contributed by atoms with Gasteiger partial charge in [0.1, 0.15) is 12.6 Å². The third-order valence-electron chi connectivity index (χ3n) is 6.68. The van der Waals surface area contributed by atoms with Crippen molar-refractivity contribution in [2.75, 3.05) is 17.1 Å². The Bertz CT molecular complexity index is 1180. The molecule has 0 aromatic heterocycles. The maximum atomic E-state index is 13.8. The lowest BCUT2D eigenvalue weighted by Gasteiger charge is -2.33. The lowest BCUT2D eigenvalue weighted by molar-refractivity contribution is -0.140. The van der Waals surface area contributed by atoms with Crippen LogP contribution in [0.25, 0.3) is 0 Å². The highest BCUT2D eigenvalue weighted by Crippen LogP contribution is 2.27. The summed E-state index contributed by atoms with van der Waals surface area (Å²) in [5, 5.41) is 3.48. The van der Waals surface area contributed by atoms with E-state index in [0.717, 1.165) is 47.4 Å². The van der Waals surface area contributed by atoms with E-state index in [1.807, 2.05) is 38.1 Å². The van der Waals surface area contributed by atoms with Crippen molar-refractivity contribution in [3.63, 3.8) is 0 Å². The van der Waals surface area contributed by atoms with E-state index in [4.69, 9.17) is 11.6 Å². The number of carbonyl (C=O) groups excluding carboxylic acids is 2. The van der Waals surface area contributed by atoms with E-state index in [0.29, 0.717) is 22.7 Å². The summed E-state index contributed by atoms with van der Waals surface area (Å²) in [6.45, 7) is 5.38. The van der Waals surface area contributed by atoms with Gasteiger partial charge in [0.25, 0.3) is 0 Å². The molecule has 0 saturated heterocycles. The Morgan fingerprint density at radius 2 is 1.72 bits per heavy atom. The zero-order valence-corrected chi connectivity index (χ0v) is 23.0. The fourth-order valence-corrected chi connectivity index (χ4v) is 5.69. The first-order chi connectivity index (χ1) is 17.0. The summed E-state index contributed by atoms with van der Waals surface area (Å²) in [5.41, 5.74) is 2.97. The molecule has 1 fully saturated rings. The van der Waals surface area contributed by atoms with Crippen LogP contribution in [0.4, 0.5) is 5.69 Å². The van der Waals surface area contributed by atoms with E-state index in [9.17, 15) is 18.0 Å². The Morgan fingerprint density at radius 3 is 2.31 bits per heavy atom. The number of hydrogen-bond acceptors (Lipinski definition) is 4. The molecule has 0 bridgehead atoms. The zero-order valence-electron chi connectivity index (χ0n) is 21.5. The van der Waals surface area contributed by atoms with Crippen molar-refractivity contribution in [3.05, 3.63) is 64.2 Å². The maximum Gasteiger partial charge on any atom is 0.244 e. The van der Waals surface area contributed by atoms with Crippen LogP contribution in [0, 0.1) is 13.8 Å². The average Bonchev–Trinajstić information content (AvgIpc) is 3.32. The molecular weight excluding hydrogens is 498 g/mol. The Hall–Kier alpha value is -2.58. The normalized spacial score (nSPS) is 14.9. The van der Waals surface area contributed by atoms with Gasteiger partial charge >= 0.3 is 0 Å². The first-order valence-corrected chi connectivity index (χ1v) is 14.6. The molecule has 1 saturated carbocycles. The monoisotopic (exact) mass is 533 g/mol. The second-order valence-electron chi connectivity index (χ2n) is 9.62. The van der Waals surface area contributed by atoms with Crippen molar-refractivity contribution < 1.29 is 18.0 Å². The van der Waals surface area contributed by atoms with Crippen LogP contribution < -0.4 is 9.62 Å². The number of hydrogen-bond donors (Lipinski definition) is 1. The minimum absolute atomic E-state index is 0.115. The highest BCUT2D eigenvalue weighted by Gasteiger charge is 2.33. The number of aryl methyl sites for hydroxylation is 2. The number of nitrogens with zero attached hydrogens (tertiary/aromatic N) is 2. The van der Waals surface area contributed by atoms with Gasteiger partial charge in [-0.3, -0.25) is 13.9 Å². The molecule has 196 valence electrons. The summed E-state index contributed by atoms with van der Waals surface area (Å²) in [5.74, 6) is -0.650. The first-order valence-electron chi connectivity index (χ1n) is 12.4. The number of halogens is 1. The third kappa shape index (κ3) is 7.23. The van der Waals surface area contributed by atoms with Crippen molar-refractivity contribution in [2.24, 2.45) is 0 Å². The molecule has 1 aliphatic carbocycles. The molecule has 2 aromatic carbocycles. The largest absolute Gasteiger partial charge is 0.352 e. The van der Waals surface area contributed by atoms with Gasteiger partial charge in [-0.05, 0) is 56.4 Å². The van der Waals surface area contributed by atoms with Crippen molar-refractivity contribution >= 4 is 39.1 Å². The number of benzene rings is 2. The van der Waals surface area contributed by atoms with Crippen molar-refractivity contribution in [3.8, 4) is 0 Å². The van der Waals surface area contributed by atoms with Crippen LogP contribution >= 0.6 is 11.6 Å². The molecule has 0 aliphatic heterocycles. The Balaban J connectivity index is 1.94. The third-order valence-corrected chi connectivity index (χ3v) is 8.04. The summed E-state index contributed by atoms with van der Waals surface area (Å²) in [6.07, 6.45) is 5.50. The summed E-state index contributed by atoms with van der Waals surface area (Å²) in [4.78, 5) is 28.6. The fourth-order valence-electron chi connectivity index (χ4n) is 4.62. The molecule has 9 heteroatoms. The lowest BCUT2D eigenvalue weighted by atomic mass is 10.1. The molecule has 2 amide bonds. The van der Waals surface area contributed by atoms with Gasteiger partial charge in [0, 0.05) is 17.6 Å². The summed E-state index contributed by atoms with van der Waals surface area (Å²) >= 11 is 6.16. The van der Waals surface area contributed by atoms with Gasteiger partial charge in [0.05, 0.1) is 11.9 Å². The van der Waals surface area contributed by atoms with Crippen molar-refractivity contribution in [1.29, 1.82) is 0 Å². The Morgan fingerprint density at radius 1 is 1.08 bits per heavy atom. The summed E-state index contributed by atoms with van der Waals surface area (Å²) in [7, 11) is -3.81. The Kier molecular flexibility index (Phi) is 9.41. The van der Waals surface area contributed by atoms with Crippen LogP contribution in [0.2, 0.25) is 5.02 Å².